The molecule has 0 fully saturated rings. The van der Waals surface area contributed by atoms with Crippen LogP contribution in [0.25, 0.3) is 11.4 Å². The Labute approximate surface area is 153 Å². The zero-order chi connectivity index (χ0) is 17.8. The molecular formula is C19H25ClN4O. The molecule has 0 spiro atoms. The average molecular weight is 361 g/mol. The Kier molecular flexibility index (Phi) is 5.74. The van der Waals surface area contributed by atoms with Crippen molar-refractivity contribution in [3.8, 4) is 11.4 Å². The second-order valence-corrected chi connectivity index (χ2v) is 7.18. The summed E-state index contributed by atoms with van der Waals surface area (Å²) < 4.78 is 2.17. The number of fused-ring (bicyclic) bond motifs is 1. The van der Waals surface area contributed by atoms with Crippen molar-refractivity contribution in [1.82, 2.24) is 14.8 Å². The molecule has 0 aliphatic carbocycles. The van der Waals surface area contributed by atoms with Crippen LogP contribution in [-0.2, 0) is 17.8 Å². The minimum atomic E-state index is -0.00603. The Balaban J connectivity index is 1.88. The van der Waals surface area contributed by atoms with Gasteiger partial charge in [-0.25, -0.2) is 0 Å². The summed E-state index contributed by atoms with van der Waals surface area (Å²) in [6.07, 6.45) is 6.31. The van der Waals surface area contributed by atoms with Gasteiger partial charge in [0.25, 0.3) is 0 Å². The molecule has 1 aliphatic heterocycles. The van der Waals surface area contributed by atoms with E-state index in [2.05, 4.69) is 27.0 Å². The summed E-state index contributed by atoms with van der Waals surface area (Å²) in [5.74, 6) is 1.85. The highest BCUT2D eigenvalue weighted by molar-refractivity contribution is 6.33. The summed E-state index contributed by atoms with van der Waals surface area (Å²) in [5.41, 5.74) is 1.57. The van der Waals surface area contributed by atoms with Crippen molar-refractivity contribution in [2.45, 2.75) is 58.9 Å². The number of hydrogen-bond donors (Lipinski definition) is 1. The van der Waals surface area contributed by atoms with E-state index in [1.54, 1.807) is 0 Å². The van der Waals surface area contributed by atoms with E-state index in [1.165, 1.54) is 6.42 Å². The van der Waals surface area contributed by atoms with Gasteiger partial charge in [0.05, 0.1) is 5.02 Å². The maximum absolute atomic E-state index is 12.3. The second kappa shape index (κ2) is 8.00. The quantitative estimate of drug-likeness (QED) is 0.840. The van der Waals surface area contributed by atoms with Gasteiger partial charge < -0.3 is 9.88 Å². The molecule has 0 bridgehead atoms. The molecule has 1 unspecified atom stereocenters. The van der Waals surface area contributed by atoms with Crippen molar-refractivity contribution >= 4 is 23.2 Å². The van der Waals surface area contributed by atoms with Gasteiger partial charge in [0.15, 0.2) is 5.82 Å². The standard InChI is InChI=1S/C19H25ClN4O/c1-3-7-13(2)19(25)21-14-9-10-16(20)15(12-14)18-23-22-17-8-5-4-6-11-24(17)18/h9-10,12-13H,3-8,11H2,1-2H3,(H,21,25). The lowest BCUT2D eigenvalue weighted by molar-refractivity contribution is -0.119. The highest BCUT2D eigenvalue weighted by atomic mass is 35.5. The number of carbonyl (C=O) groups is 1. The van der Waals surface area contributed by atoms with Gasteiger partial charge in [-0.15, -0.1) is 10.2 Å². The molecule has 3 rings (SSSR count). The Hall–Kier alpha value is -1.88. The highest BCUT2D eigenvalue weighted by Crippen LogP contribution is 2.31. The van der Waals surface area contributed by atoms with Crippen LogP contribution in [0.1, 0.15) is 51.8 Å². The molecule has 1 N–H and O–H groups in total. The van der Waals surface area contributed by atoms with E-state index >= 15 is 0 Å². The smallest absolute Gasteiger partial charge is 0.227 e. The second-order valence-electron chi connectivity index (χ2n) is 6.78. The molecule has 0 radical (unpaired) electrons. The molecule has 25 heavy (non-hydrogen) atoms. The molecule has 0 saturated carbocycles. The molecule has 134 valence electrons. The third-order valence-electron chi connectivity index (χ3n) is 4.75. The van der Waals surface area contributed by atoms with Crippen molar-refractivity contribution in [1.29, 1.82) is 0 Å². The summed E-state index contributed by atoms with van der Waals surface area (Å²) in [6, 6.07) is 5.55. The first-order valence-electron chi connectivity index (χ1n) is 9.13. The van der Waals surface area contributed by atoms with Crippen LogP contribution < -0.4 is 5.32 Å². The molecule has 5 nitrogen and oxygen atoms in total. The average Bonchev–Trinajstić information content (AvgIpc) is 2.84. The molecule has 0 saturated heterocycles. The van der Waals surface area contributed by atoms with Crippen LogP contribution in [0.5, 0.6) is 0 Å². The van der Waals surface area contributed by atoms with Gasteiger partial charge in [0.1, 0.15) is 5.82 Å². The number of halogens is 1. The number of benzene rings is 1. The fourth-order valence-corrected chi connectivity index (χ4v) is 3.49. The van der Waals surface area contributed by atoms with E-state index in [9.17, 15) is 4.79 Å². The van der Waals surface area contributed by atoms with Gasteiger partial charge in [-0.2, -0.15) is 0 Å². The predicted octanol–water partition coefficient (Wildman–Crippen LogP) is 4.70. The van der Waals surface area contributed by atoms with Crippen molar-refractivity contribution in [3.63, 3.8) is 0 Å². The predicted molar refractivity (Wildman–Crippen MR) is 101 cm³/mol. The number of hydrogen-bond acceptors (Lipinski definition) is 3. The first-order chi connectivity index (χ1) is 12.1. The van der Waals surface area contributed by atoms with Crippen LogP contribution in [0.15, 0.2) is 18.2 Å². The molecule has 1 aromatic heterocycles. The SMILES string of the molecule is CCCC(C)C(=O)Nc1ccc(Cl)c(-c2nnc3n2CCCCC3)c1. The zero-order valence-electron chi connectivity index (χ0n) is 14.9. The van der Waals surface area contributed by atoms with Crippen molar-refractivity contribution < 1.29 is 4.79 Å². The fraction of sp³-hybridized carbons (Fsp3) is 0.526. The highest BCUT2D eigenvalue weighted by Gasteiger charge is 2.19. The van der Waals surface area contributed by atoms with Crippen molar-refractivity contribution in [2.24, 2.45) is 5.92 Å². The zero-order valence-corrected chi connectivity index (χ0v) is 15.6. The Bertz CT molecular complexity index is 756. The van der Waals surface area contributed by atoms with Crippen LogP contribution in [0.4, 0.5) is 5.69 Å². The lowest BCUT2D eigenvalue weighted by atomic mass is 10.1. The summed E-state index contributed by atoms with van der Waals surface area (Å²) in [4.78, 5) is 12.3. The lowest BCUT2D eigenvalue weighted by Gasteiger charge is -2.13. The maximum Gasteiger partial charge on any atom is 0.227 e. The van der Waals surface area contributed by atoms with E-state index in [-0.39, 0.29) is 11.8 Å². The van der Waals surface area contributed by atoms with Crippen LogP contribution >= 0.6 is 11.6 Å². The normalized spacial score (nSPS) is 15.3. The van der Waals surface area contributed by atoms with Crippen molar-refractivity contribution in [2.75, 3.05) is 5.32 Å². The number of carbonyl (C=O) groups excluding carboxylic acids is 1. The number of rotatable bonds is 5. The Morgan fingerprint density at radius 3 is 2.96 bits per heavy atom. The topological polar surface area (TPSA) is 59.8 Å². The van der Waals surface area contributed by atoms with Gasteiger partial charge in [-0.05, 0) is 37.5 Å². The Morgan fingerprint density at radius 1 is 1.32 bits per heavy atom. The number of anilines is 1. The van der Waals surface area contributed by atoms with Crippen LogP contribution in [0, 0.1) is 5.92 Å². The number of amides is 1. The number of nitrogens with one attached hydrogen (secondary N) is 1. The van der Waals surface area contributed by atoms with Gasteiger partial charge >= 0.3 is 0 Å². The van der Waals surface area contributed by atoms with Crippen molar-refractivity contribution in [3.05, 3.63) is 29.0 Å². The molecule has 1 atom stereocenters. The molecule has 1 amide bonds. The minimum Gasteiger partial charge on any atom is -0.326 e. The lowest BCUT2D eigenvalue weighted by Crippen LogP contribution is -2.20. The third-order valence-corrected chi connectivity index (χ3v) is 5.08. The molecule has 6 heteroatoms. The molecular weight excluding hydrogens is 336 g/mol. The summed E-state index contributed by atoms with van der Waals surface area (Å²) in [7, 11) is 0. The summed E-state index contributed by atoms with van der Waals surface area (Å²) in [6.45, 7) is 4.95. The Morgan fingerprint density at radius 2 is 2.16 bits per heavy atom. The first-order valence-corrected chi connectivity index (χ1v) is 9.50. The minimum absolute atomic E-state index is 0.00603. The van der Waals surface area contributed by atoms with Crippen LogP contribution in [-0.4, -0.2) is 20.7 Å². The van der Waals surface area contributed by atoms with Gasteiger partial charge in [0, 0.05) is 30.1 Å². The van der Waals surface area contributed by atoms with Crippen LogP contribution in [0.3, 0.4) is 0 Å². The third kappa shape index (κ3) is 4.03. The molecule has 1 aromatic carbocycles. The summed E-state index contributed by atoms with van der Waals surface area (Å²) in [5, 5.41) is 12.3. The van der Waals surface area contributed by atoms with E-state index in [4.69, 9.17) is 11.6 Å². The molecule has 2 heterocycles. The maximum atomic E-state index is 12.3. The molecule has 1 aliphatic rings. The monoisotopic (exact) mass is 360 g/mol. The van der Waals surface area contributed by atoms with E-state index in [1.807, 2.05) is 25.1 Å². The van der Waals surface area contributed by atoms with Crippen LogP contribution in [0.2, 0.25) is 5.02 Å². The van der Waals surface area contributed by atoms with Gasteiger partial charge in [0.2, 0.25) is 5.91 Å². The van der Waals surface area contributed by atoms with Gasteiger partial charge in [-0.3, -0.25) is 4.79 Å². The largest absolute Gasteiger partial charge is 0.326 e. The summed E-state index contributed by atoms with van der Waals surface area (Å²) >= 11 is 6.43. The van der Waals surface area contributed by atoms with E-state index in [0.29, 0.717) is 5.02 Å². The number of aromatic nitrogens is 3. The fourth-order valence-electron chi connectivity index (χ4n) is 3.29. The number of aryl methyl sites for hydroxylation is 1. The first kappa shape index (κ1) is 17.9. The van der Waals surface area contributed by atoms with E-state index in [0.717, 1.165) is 61.5 Å². The number of nitrogens with zero attached hydrogens (tertiary/aromatic N) is 3. The molecule has 2 aromatic rings. The van der Waals surface area contributed by atoms with E-state index < -0.39 is 0 Å². The van der Waals surface area contributed by atoms with Gasteiger partial charge in [-0.1, -0.05) is 38.3 Å².